The molecule has 0 heterocycles. The molecule has 2 aromatic rings. The summed E-state index contributed by atoms with van der Waals surface area (Å²) in [6.45, 7) is 6.04. The molecule has 25 heavy (non-hydrogen) atoms. The van der Waals surface area contributed by atoms with E-state index in [2.05, 4.69) is 20.8 Å². The minimum atomic E-state index is -0.570. The molecule has 4 heteroatoms. The standard InChI is InChI=1S/C21H21ClO3/c1-21(2,3)17-10-8-16(9-11-17)19(23)14-25-20(24)12-7-15-5-4-6-18(22)13-15/h4-13H,14H2,1-3H3/b12-7+. The number of carbonyl (C=O) groups is 2. The van der Waals surface area contributed by atoms with Crippen molar-refractivity contribution >= 4 is 29.4 Å². The number of ether oxygens (including phenoxy) is 1. The van der Waals surface area contributed by atoms with Crippen LogP contribution in [-0.2, 0) is 14.9 Å². The van der Waals surface area contributed by atoms with Gasteiger partial charge in [0.15, 0.2) is 12.4 Å². The Balaban J connectivity index is 1.90. The molecule has 0 aliphatic heterocycles. The van der Waals surface area contributed by atoms with Gasteiger partial charge in [-0.1, -0.05) is 68.8 Å². The molecule has 0 fully saturated rings. The highest BCUT2D eigenvalue weighted by Gasteiger charge is 2.14. The summed E-state index contributed by atoms with van der Waals surface area (Å²) in [4.78, 5) is 23.8. The average Bonchev–Trinajstić information content (AvgIpc) is 2.57. The van der Waals surface area contributed by atoms with Crippen LogP contribution < -0.4 is 0 Å². The summed E-state index contributed by atoms with van der Waals surface area (Å²) < 4.78 is 5.00. The van der Waals surface area contributed by atoms with Crippen LogP contribution in [0.15, 0.2) is 54.6 Å². The fourth-order valence-electron chi connectivity index (χ4n) is 2.20. The Hall–Kier alpha value is -2.39. The third-order valence-corrected chi connectivity index (χ3v) is 3.91. The first-order chi connectivity index (χ1) is 11.8. The van der Waals surface area contributed by atoms with Crippen LogP contribution in [0.5, 0.6) is 0 Å². The normalized spacial score (nSPS) is 11.5. The van der Waals surface area contributed by atoms with Crippen molar-refractivity contribution in [3.8, 4) is 0 Å². The Labute approximate surface area is 153 Å². The minimum absolute atomic E-state index is 0.0270. The number of hydrogen-bond donors (Lipinski definition) is 0. The van der Waals surface area contributed by atoms with Crippen molar-refractivity contribution in [3.05, 3.63) is 76.3 Å². The van der Waals surface area contributed by atoms with Crippen molar-refractivity contribution in [2.24, 2.45) is 0 Å². The fraction of sp³-hybridized carbons (Fsp3) is 0.238. The van der Waals surface area contributed by atoms with Gasteiger partial charge in [0.05, 0.1) is 0 Å². The second-order valence-corrected chi connectivity index (χ2v) is 7.18. The van der Waals surface area contributed by atoms with Gasteiger partial charge in [-0.25, -0.2) is 4.79 Å². The van der Waals surface area contributed by atoms with Gasteiger partial charge in [-0.05, 0) is 34.8 Å². The van der Waals surface area contributed by atoms with E-state index in [-0.39, 0.29) is 17.8 Å². The predicted molar refractivity (Wildman–Crippen MR) is 101 cm³/mol. The molecule has 2 rings (SSSR count). The maximum atomic E-state index is 12.1. The van der Waals surface area contributed by atoms with Gasteiger partial charge in [0.2, 0.25) is 0 Å². The van der Waals surface area contributed by atoms with Crippen molar-refractivity contribution in [1.29, 1.82) is 0 Å². The third-order valence-electron chi connectivity index (χ3n) is 3.68. The number of rotatable bonds is 5. The molecule has 0 aliphatic rings. The number of hydrogen-bond acceptors (Lipinski definition) is 3. The van der Waals surface area contributed by atoms with Gasteiger partial charge in [0.25, 0.3) is 0 Å². The first kappa shape index (κ1) is 18.9. The van der Waals surface area contributed by atoms with Crippen LogP contribution in [0.3, 0.4) is 0 Å². The van der Waals surface area contributed by atoms with E-state index in [9.17, 15) is 9.59 Å². The molecule has 0 radical (unpaired) electrons. The monoisotopic (exact) mass is 356 g/mol. The van der Waals surface area contributed by atoms with Gasteiger partial charge in [0, 0.05) is 16.7 Å². The summed E-state index contributed by atoms with van der Waals surface area (Å²) in [6, 6.07) is 14.5. The van der Waals surface area contributed by atoms with Crippen molar-refractivity contribution in [2.75, 3.05) is 6.61 Å². The molecule has 2 aromatic carbocycles. The number of Topliss-reactive ketones (excluding diaryl/α,β-unsaturated/α-hetero) is 1. The highest BCUT2D eigenvalue weighted by molar-refractivity contribution is 6.30. The summed E-state index contributed by atoms with van der Waals surface area (Å²) >= 11 is 5.88. The van der Waals surface area contributed by atoms with E-state index in [1.807, 2.05) is 18.2 Å². The van der Waals surface area contributed by atoms with Crippen molar-refractivity contribution in [2.45, 2.75) is 26.2 Å². The molecule has 0 unspecified atom stereocenters. The Morgan fingerprint density at radius 3 is 2.36 bits per heavy atom. The SMILES string of the molecule is CC(C)(C)c1ccc(C(=O)COC(=O)/C=C/c2cccc(Cl)c2)cc1. The highest BCUT2D eigenvalue weighted by atomic mass is 35.5. The smallest absolute Gasteiger partial charge is 0.331 e. The quantitative estimate of drug-likeness (QED) is 0.426. The van der Waals surface area contributed by atoms with Gasteiger partial charge in [0.1, 0.15) is 0 Å². The largest absolute Gasteiger partial charge is 0.454 e. The van der Waals surface area contributed by atoms with Gasteiger partial charge >= 0.3 is 5.97 Å². The molecule has 3 nitrogen and oxygen atoms in total. The van der Waals surface area contributed by atoms with Crippen molar-refractivity contribution < 1.29 is 14.3 Å². The lowest BCUT2D eigenvalue weighted by Crippen LogP contribution is -2.14. The van der Waals surface area contributed by atoms with Crippen molar-refractivity contribution in [1.82, 2.24) is 0 Å². The van der Waals surface area contributed by atoms with Crippen LogP contribution in [0.25, 0.3) is 6.08 Å². The zero-order chi connectivity index (χ0) is 18.4. The molecule has 0 saturated heterocycles. The van der Waals surface area contributed by atoms with E-state index in [0.29, 0.717) is 10.6 Å². The first-order valence-corrected chi connectivity index (χ1v) is 8.37. The van der Waals surface area contributed by atoms with Crippen LogP contribution in [0.4, 0.5) is 0 Å². The Morgan fingerprint density at radius 2 is 1.76 bits per heavy atom. The van der Waals surface area contributed by atoms with E-state index in [1.54, 1.807) is 36.4 Å². The van der Waals surface area contributed by atoms with Crippen LogP contribution in [0, 0.1) is 0 Å². The molecule has 0 atom stereocenters. The molecular formula is C21H21ClO3. The lowest BCUT2D eigenvalue weighted by Gasteiger charge is -2.18. The van der Waals surface area contributed by atoms with Crippen LogP contribution in [-0.4, -0.2) is 18.4 Å². The lowest BCUT2D eigenvalue weighted by molar-refractivity contribution is -0.136. The predicted octanol–water partition coefficient (Wildman–Crippen LogP) is 5.08. The summed E-state index contributed by atoms with van der Waals surface area (Å²) in [5.41, 5.74) is 2.48. The molecule has 0 bridgehead atoms. The van der Waals surface area contributed by atoms with E-state index >= 15 is 0 Å². The van der Waals surface area contributed by atoms with Crippen LogP contribution in [0.2, 0.25) is 5.02 Å². The highest BCUT2D eigenvalue weighted by Crippen LogP contribution is 2.22. The lowest BCUT2D eigenvalue weighted by atomic mass is 9.86. The second-order valence-electron chi connectivity index (χ2n) is 6.75. The Morgan fingerprint density at radius 1 is 1.08 bits per heavy atom. The fourth-order valence-corrected chi connectivity index (χ4v) is 2.40. The topological polar surface area (TPSA) is 43.4 Å². The first-order valence-electron chi connectivity index (χ1n) is 8.00. The maximum absolute atomic E-state index is 12.1. The molecule has 0 spiro atoms. The summed E-state index contributed by atoms with van der Waals surface area (Å²) in [7, 11) is 0. The zero-order valence-corrected chi connectivity index (χ0v) is 15.3. The molecule has 0 amide bonds. The molecule has 0 aliphatic carbocycles. The molecule has 0 saturated carbocycles. The van der Waals surface area contributed by atoms with E-state index in [4.69, 9.17) is 16.3 Å². The Bertz CT molecular complexity index is 784. The van der Waals surface area contributed by atoms with Gasteiger partial charge in [-0.15, -0.1) is 0 Å². The number of carbonyl (C=O) groups excluding carboxylic acids is 2. The average molecular weight is 357 g/mol. The summed E-state index contributed by atoms with van der Waals surface area (Å²) in [5.74, 6) is -0.801. The van der Waals surface area contributed by atoms with Crippen LogP contribution in [0.1, 0.15) is 42.3 Å². The zero-order valence-electron chi connectivity index (χ0n) is 14.6. The second kappa shape index (κ2) is 8.13. The Kier molecular flexibility index (Phi) is 6.16. The number of ketones is 1. The van der Waals surface area contributed by atoms with Crippen LogP contribution >= 0.6 is 11.6 Å². The van der Waals surface area contributed by atoms with E-state index in [0.717, 1.165) is 11.1 Å². The maximum Gasteiger partial charge on any atom is 0.331 e. The van der Waals surface area contributed by atoms with Gasteiger partial charge in [-0.2, -0.15) is 0 Å². The third kappa shape index (κ3) is 5.87. The van der Waals surface area contributed by atoms with Gasteiger partial charge < -0.3 is 4.74 Å². The van der Waals surface area contributed by atoms with E-state index < -0.39 is 5.97 Å². The number of benzene rings is 2. The number of esters is 1. The van der Waals surface area contributed by atoms with Crippen molar-refractivity contribution in [3.63, 3.8) is 0 Å². The van der Waals surface area contributed by atoms with E-state index in [1.165, 1.54) is 6.08 Å². The molecular weight excluding hydrogens is 336 g/mol. The molecule has 0 aromatic heterocycles. The minimum Gasteiger partial charge on any atom is -0.454 e. The number of halogens is 1. The molecule has 0 N–H and O–H groups in total. The molecule has 130 valence electrons. The van der Waals surface area contributed by atoms with Gasteiger partial charge in [-0.3, -0.25) is 4.79 Å². The summed E-state index contributed by atoms with van der Waals surface area (Å²) in [5, 5.41) is 0.587. The summed E-state index contributed by atoms with van der Waals surface area (Å²) in [6.07, 6.45) is 2.87.